The maximum absolute atomic E-state index is 4.19. The van der Waals surface area contributed by atoms with Crippen molar-refractivity contribution in [1.29, 1.82) is 0 Å². The summed E-state index contributed by atoms with van der Waals surface area (Å²) in [5, 5.41) is 7.77. The summed E-state index contributed by atoms with van der Waals surface area (Å²) in [6.07, 6.45) is 11.7. The average Bonchev–Trinajstić information content (AvgIpc) is 2.97. The van der Waals surface area contributed by atoms with Gasteiger partial charge < -0.3 is 5.32 Å². The van der Waals surface area contributed by atoms with Gasteiger partial charge in [0.25, 0.3) is 0 Å². The third-order valence-corrected chi connectivity index (χ3v) is 4.89. The van der Waals surface area contributed by atoms with Crippen LogP contribution in [0.4, 0.5) is 0 Å². The fraction of sp³-hybridized carbons (Fsp3) is 0.750. The zero-order valence-electron chi connectivity index (χ0n) is 9.98. The van der Waals surface area contributed by atoms with Crippen molar-refractivity contribution in [3.8, 4) is 0 Å². The van der Waals surface area contributed by atoms with Crippen LogP contribution in [0, 0.1) is 0 Å². The lowest BCUT2D eigenvalue weighted by molar-refractivity contribution is 0.498. The molecule has 90 valence electrons. The molecule has 0 radical (unpaired) electrons. The Morgan fingerprint density at radius 2 is 2.25 bits per heavy atom. The molecule has 0 amide bonds. The minimum Gasteiger partial charge on any atom is -0.314 e. The van der Waals surface area contributed by atoms with Gasteiger partial charge in [-0.1, -0.05) is 12.8 Å². The van der Waals surface area contributed by atoms with Crippen LogP contribution in [0.5, 0.6) is 0 Å². The summed E-state index contributed by atoms with van der Waals surface area (Å²) in [5.41, 5.74) is 0. The van der Waals surface area contributed by atoms with E-state index < -0.39 is 0 Å². The SMILES string of the molecule is CSC1(CNCCn2cccn2)CCCC1. The lowest BCUT2D eigenvalue weighted by Crippen LogP contribution is -2.36. The van der Waals surface area contributed by atoms with Gasteiger partial charge in [0.05, 0.1) is 6.54 Å². The highest BCUT2D eigenvalue weighted by molar-refractivity contribution is 8.00. The zero-order chi connectivity index (χ0) is 11.3. The Bertz CT molecular complexity index is 291. The molecular weight excluding hydrogens is 218 g/mol. The monoisotopic (exact) mass is 239 g/mol. The van der Waals surface area contributed by atoms with E-state index >= 15 is 0 Å². The first kappa shape index (κ1) is 12.0. The van der Waals surface area contributed by atoms with Crippen molar-refractivity contribution in [3.05, 3.63) is 18.5 Å². The minimum atomic E-state index is 0.518. The van der Waals surface area contributed by atoms with Crippen LogP contribution in [0.3, 0.4) is 0 Å². The Hall–Kier alpha value is -0.480. The van der Waals surface area contributed by atoms with E-state index in [9.17, 15) is 0 Å². The number of nitrogens with one attached hydrogen (secondary N) is 1. The van der Waals surface area contributed by atoms with Gasteiger partial charge >= 0.3 is 0 Å². The summed E-state index contributed by atoms with van der Waals surface area (Å²) in [6.45, 7) is 3.14. The summed E-state index contributed by atoms with van der Waals surface area (Å²) in [6, 6.07) is 1.97. The zero-order valence-corrected chi connectivity index (χ0v) is 10.8. The molecule has 0 unspecified atom stereocenters. The van der Waals surface area contributed by atoms with Gasteiger partial charge in [0, 0.05) is 30.2 Å². The number of hydrogen-bond acceptors (Lipinski definition) is 3. The third kappa shape index (κ3) is 3.01. The summed E-state index contributed by atoms with van der Waals surface area (Å²) in [4.78, 5) is 0. The second-order valence-electron chi connectivity index (χ2n) is 4.54. The molecule has 1 aromatic rings. The number of rotatable bonds is 6. The average molecular weight is 239 g/mol. The van der Waals surface area contributed by atoms with Gasteiger partial charge in [-0.25, -0.2) is 0 Å². The summed E-state index contributed by atoms with van der Waals surface area (Å²) >= 11 is 2.04. The molecule has 0 bridgehead atoms. The molecule has 2 rings (SSSR count). The molecule has 1 aliphatic rings. The van der Waals surface area contributed by atoms with E-state index in [-0.39, 0.29) is 0 Å². The Kier molecular flexibility index (Phi) is 4.29. The Balaban J connectivity index is 1.67. The quantitative estimate of drug-likeness (QED) is 0.771. The van der Waals surface area contributed by atoms with E-state index in [1.54, 1.807) is 0 Å². The van der Waals surface area contributed by atoms with Crippen molar-refractivity contribution in [3.63, 3.8) is 0 Å². The second-order valence-corrected chi connectivity index (χ2v) is 5.81. The highest BCUT2D eigenvalue weighted by Crippen LogP contribution is 2.39. The van der Waals surface area contributed by atoms with E-state index in [2.05, 4.69) is 16.7 Å². The molecule has 1 heterocycles. The third-order valence-electron chi connectivity index (χ3n) is 3.47. The van der Waals surface area contributed by atoms with Gasteiger partial charge in [-0.2, -0.15) is 16.9 Å². The molecule has 0 saturated heterocycles. The van der Waals surface area contributed by atoms with Crippen molar-refractivity contribution in [2.24, 2.45) is 0 Å². The van der Waals surface area contributed by atoms with Crippen LogP contribution in [-0.2, 0) is 6.54 Å². The van der Waals surface area contributed by atoms with Crippen molar-refractivity contribution < 1.29 is 0 Å². The molecule has 0 aliphatic heterocycles. The van der Waals surface area contributed by atoms with Gasteiger partial charge in [0.15, 0.2) is 0 Å². The van der Waals surface area contributed by atoms with E-state index in [1.165, 1.54) is 25.7 Å². The molecule has 1 N–H and O–H groups in total. The predicted octanol–water partition coefficient (Wildman–Crippen LogP) is 2.15. The van der Waals surface area contributed by atoms with E-state index in [0.29, 0.717) is 4.75 Å². The molecule has 16 heavy (non-hydrogen) atoms. The number of aromatic nitrogens is 2. The molecule has 1 aromatic heterocycles. The minimum absolute atomic E-state index is 0.518. The lowest BCUT2D eigenvalue weighted by Gasteiger charge is -2.27. The molecule has 0 aromatic carbocycles. The number of hydrogen-bond donors (Lipinski definition) is 1. The van der Waals surface area contributed by atoms with Gasteiger partial charge in [-0.3, -0.25) is 4.68 Å². The first-order valence-electron chi connectivity index (χ1n) is 6.08. The molecule has 0 atom stereocenters. The van der Waals surface area contributed by atoms with Gasteiger partial charge in [0.2, 0.25) is 0 Å². The van der Waals surface area contributed by atoms with Crippen molar-refractivity contribution >= 4 is 11.8 Å². The van der Waals surface area contributed by atoms with Crippen molar-refractivity contribution in [2.75, 3.05) is 19.3 Å². The Morgan fingerprint density at radius 3 is 2.88 bits per heavy atom. The molecule has 1 fully saturated rings. The van der Waals surface area contributed by atoms with Gasteiger partial charge in [-0.05, 0) is 25.2 Å². The molecule has 1 saturated carbocycles. The Morgan fingerprint density at radius 1 is 1.44 bits per heavy atom. The molecular formula is C12H21N3S. The van der Waals surface area contributed by atoms with Crippen LogP contribution in [0.2, 0.25) is 0 Å². The topological polar surface area (TPSA) is 29.9 Å². The Labute approximate surface area is 102 Å². The van der Waals surface area contributed by atoms with Crippen LogP contribution in [0.1, 0.15) is 25.7 Å². The largest absolute Gasteiger partial charge is 0.314 e. The first-order chi connectivity index (χ1) is 7.85. The molecule has 3 nitrogen and oxygen atoms in total. The highest BCUT2D eigenvalue weighted by Gasteiger charge is 2.32. The van der Waals surface area contributed by atoms with Crippen LogP contribution in [0.15, 0.2) is 18.5 Å². The summed E-state index contributed by atoms with van der Waals surface area (Å²) in [5.74, 6) is 0. The number of nitrogens with zero attached hydrogens (tertiary/aromatic N) is 2. The van der Waals surface area contributed by atoms with Crippen LogP contribution in [-0.4, -0.2) is 33.9 Å². The van der Waals surface area contributed by atoms with E-state index in [1.807, 2.05) is 34.9 Å². The normalized spacial score (nSPS) is 19.1. The fourth-order valence-corrected chi connectivity index (χ4v) is 3.36. The van der Waals surface area contributed by atoms with Gasteiger partial charge in [-0.15, -0.1) is 0 Å². The van der Waals surface area contributed by atoms with Crippen molar-refractivity contribution in [2.45, 2.75) is 37.0 Å². The lowest BCUT2D eigenvalue weighted by atomic mass is 10.1. The molecule has 4 heteroatoms. The molecule has 0 spiro atoms. The van der Waals surface area contributed by atoms with E-state index in [4.69, 9.17) is 0 Å². The predicted molar refractivity (Wildman–Crippen MR) is 69.8 cm³/mol. The summed E-state index contributed by atoms with van der Waals surface area (Å²) in [7, 11) is 0. The standard InChI is InChI=1S/C12H21N3S/c1-16-12(5-2-3-6-12)11-13-8-10-15-9-4-7-14-15/h4,7,9,13H,2-3,5-6,8,10-11H2,1H3. The van der Waals surface area contributed by atoms with E-state index in [0.717, 1.165) is 19.6 Å². The van der Waals surface area contributed by atoms with Crippen LogP contribution in [0.25, 0.3) is 0 Å². The first-order valence-corrected chi connectivity index (χ1v) is 7.30. The van der Waals surface area contributed by atoms with Gasteiger partial charge in [0.1, 0.15) is 0 Å². The molecule has 1 aliphatic carbocycles. The highest BCUT2D eigenvalue weighted by atomic mass is 32.2. The number of thioether (sulfide) groups is 1. The second kappa shape index (κ2) is 5.73. The smallest absolute Gasteiger partial charge is 0.0533 e. The van der Waals surface area contributed by atoms with Crippen molar-refractivity contribution in [1.82, 2.24) is 15.1 Å². The summed E-state index contributed by atoms with van der Waals surface area (Å²) < 4.78 is 2.50. The van der Waals surface area contributed by atoms with Crippen LogP contribution >= 0.6 is 11.8 Å². The maximum atomic E-state index is 4.19. The fourth-order valence-electron chi connectivity index (χ4n) is 2.41. The maximum Gasteiger partial charge on any atom is 0.0533 e. The van der Waals surface area contributed by atoms with Crippen LogP contribution < -0.4 is 5.32 Å².